The van der Waals surface area contributed by atoms with E-state index in [9.17, 15) is 4.79 Å². The van der Waals surface area contributed by atoms with Gasteiger partial charge in [0.05, 0.1) is 19.4 Å². The van der Waals surface area contributed by atoms with Gasteiger partial charge in [-0.15, -0.1) is 0 Å². The number of pyridine rings is 1. The SMILES string of the molecule is Cc1ccc(-c2noc(COC3COC3)n2)cc1NC(=O)c1cnc2ccccn12. The zero-order valence-electron chi connectivity index (χ0n) is 16.2. The Labute approximate surface area is 171 Å². The lowest BCUT2D eigenvalue weighted by molar-refractivity contribution is -0.139. The fourth-order valence-corrected chi connectivity index (χ4v) is 3.11. The van der Waals surface area contributed by atoms with Gasteiger partial charge in [0.25, 0.3) is 11.8 Å². The molecule has 1 aliphatic rings. The highest BCUT2D eigenvalue weighted by Crippen LogP contribution is 2.24. The highest BCUT2D eigenvalue weighted by Gasteiger charge is 2.20. The topological polar surface area (TPSA) is 104 Å². The van der Waals surface area contributed by atoms with Crippen LogP contribution in [0.1, 0.15) is 21.9 Å². The van der Waals surface area contributed by atoms with Gasteiger partial charge in [-0.3, -0.25) is 9.20 Å². The van der Waals surface area contributed by atoms with Crippen LogP contribution in [0.3, 0.4) is 0 Å². The maximum Gasteiger partial charge on any atom is 0.274 e. The lowest BCUT2D eigenvalue weighted by atomic mass is 10.1. The third-order valence-corrected chi connectivity index (χ3v) is 4.91. The van der Waals surface area contributed by atoms with E-state index in [1.165, 1.54) is 0 Å². The molecule has 0 unspecified atom stereocenters. The molecule has 0 bridgehead atoms. The maximum absolute atomic E-state index is 12.8. The predicted octanol–water partition coefficient (Wildman–Crippen LogP) is 2.86. The number of nitrogens with zero attached hydrogens (tertiary/aromatic N) is 4. The number of aryl methyl sites for hydroxylation is 1. The first-order valence-electron chi connectivity index (χ1n) is 9.54. The third-order valence-electron chi connectivity index (χ3n) is 4.91. The van der Waals surface area contributed by atoms with Gasteiger partial charge in [0.15, 0.2) is 0 Å². The summed E-state index contributed by atoms with van der Waals surface area (Å²) in [6, 6.07) is 11.2. The van der Waals surface area contributed by atoms with Crippen molar-refractivity contribution in [1.29, 1.82) is 0 Å². The molecule has 1 fully saturated rings. The highest BCUT2D eigenvalue weighted by molar-refractivity contribution is 6.04. The van der Waals surface area contributed by atoms with Gasteiger partial charge in [-0.05, 0) is 30.7 Å². The summed E-state index contributed by atoms with van der Waals surface area (Å²) in [4.78, 5) is 21.5. The van der Waals surface area contributed by atoms with E-state index >= 15 is 0 Å². The molecule has 0 atom stereocenters. The monoisotopic (exact) mass is 405 g/mol. The lowest BCUT2D eigenvalue weighted by Crippen LogP contribution is -2.35. The number of aromatic nitrogens is 4. The summed E-state index contributed by atoms with van der Waals surface area (Å²) in [6.07, 6.45) is 3.45. The van der Waals surface area contributed by atoms with Gasteiger partial charge < -0.3 is 19.3 Å². The summed E-state index contributed by atoms with van der Waals surface area (Å²) >= 11 is 0. The predicted molar refractivity (Wildman–Crippen MR) is 107 cm³/mol. The van der Waals surface area contributed by atoms with Crippen molar-refractivity contribution in [1.82, 2.24) is 19.5 Å². The fraction of sp³-hybridized carbons (Fsp3) is 0.238. The van der Waals surface area contributed by atoms with Crippen LogP contribution in [0, 0.1) is 6.92 Å². The summed E-state index contributed by atoms with van der Waals surface area (Å²) < 4.78 is 17.7. The number of carbonyl (C=O) groups is 1. The first-order chi connectivity index (χ1) is 14.7. The van der Waals surface area contributed by atoms with Crippen LogP contribution in [0.2, 0.25) is 0 Å². The molecule has 1 amide bonds. The van der Waals surface area contributed by atoms with E-state index < -0.39 is 0 Å². The van der Waals surface area contributed by atoms with Crippen LogP contribution in [0.4, 0.5) is 5.69 Å². The van der Waals surface area contributed by atoms with Crippen LogP contribution >= 0.6 is 0 Å². The van der Waals surface area contributed by atoms with Gasteiger partial charge in [-0.2, -0.15) is 4.98 Å². The van der Waals surface area contributed by atoms with Crippen LogP contribution in [0.25, 0.3) is 17.0 Å². The molecule has 0 radical (unpaired) electrons. The van der Waals surface area contributed by atoms with Crippen molar-refractivity contribution >= 4 is 17.2 Å². The van der Waals surface area contributed by atoms with E-state index in [2.05, 4.69) is 20.4 Å². The number of nitrogens with one attached hydrogen (secondary N) is 1. The van der Waals surface area contributed by atoms with Gasteiger partial charge in [0, 0.05) is 17.4 Å². The molecule has 0 spiro atoms. The molecule has 1 aliphatic heterocycles. The molecular weight excluding hydrogens is 386 g/mol. The van der Waals surface area contributed by atoms with Crippen LogP contribution in [0.15, 0.2) is 53.3 Å². The molecule has 0 aliphatic carbocycles. The van der Waals surface area contributed by atoms with Crippen LogP contribution in [0.5, 0.6) is 0 Å². The molecule has 1 aromatic carbocycles. The Morgan fingerprint density at radius 3 is 3.03 bits per heavy atom. The Kier molecular flexibility index (Phi) is 4.74. The van der Waals surface area contributed by atoms with Crippen LogP contribution < -0.4 is 5.32 Å². The van der Waals surface area contributed by atoms with Crippen molar-refractivity contribution in [3.05, 3.63) is 65.9 Å². The second-order valence-corrected chi connectivity index (χ2v) is 7.04. The maximum atomic E-state index is 12.8. The molecule has 4 heterocycles. The minimum Gasteiger partial charge on any atom is -0.376 e. The molecule has 30 heavy (non-hydrogen) atoms. The van der Waals surface area contributed by atoms with Crippen molar-refractivity contribution in [2.45, 2.75) is 19.6 Å². The summed E-state index contributed by atoms with van der Waals surface area (Å²) in [6.45, 7) is 3.35. The number of imidazole rings is 1. The smallest absolute Gasteiger partial charge is 0.274 e. The summed E-state index contributed by atoms with van der Waals surface area (Å²) in [7, 11) is 0. The highest BCUT2D eigenvalue weighted by atomic mass is 16.6. The molecule has 1 saturated heterocycles. The standard InChI is InChI=1S/C21H19N5O4/c1-13-5-6-14(20-24-19(30-25-20)12-29-15-10-28-11-15)8-16(13)23-21(27)17-9-22-18-4-2-3-7-26(17)18/h2-9,15H,10-12H2,1H3,(H,23,27). The Hall–Kier alpha value is -3.56. The molecular formula is C21H19N5O4. The molecule has 5 rings (SSSR count). The van der Waals surface area contributed by atoms with Crippen molar-refractivity contribution in [2.75, 3.05) is 18.5 Å². The van der Waals surface area contributed by atoms with E-state index in [4.69, 9.17) is 14.0 Å². The van der Waals surface area contributed by atoms with Gasteiger partial charge in [0.2, 0.25) is 5.82 Å². The second kappa shape index (κ2) is 7.69. The van der Waals surface area contributed by atoms with Crippen LogP contribution in [-0.4, -0.2) is 44.8 Å². The Morgan fingerprint density at radius 2 is 2.20 bits per heavy atom. The van der Waals surface area contributed by atoms with E-state index in [1.54, 1.807) is 16.8 Å². The lowest BCUT2D eigenvalue weighted by Gasteiger charge is -2.25. The van der Waals surface area contributed by atoms with E-state index in [-0.39, 0.29) is 18.6 Å². The normalized spacial score (nSPS) is 14.0. The number of benzene rings is 1. The van der Waals surface area contributed by atoms with Crippen molar-refractivity contribution in [2.24, 2.45) is 0 Å². The zero-order chi connectivity index (χ0) is 20.5. The molecule has 9 heteroatoms. The number of hydrogen-bond donors (Lipinski definition) is 1. The minimum atomic E-state index is -0.251. The van der Waals surface area contributed by atoms with E-state index in [0.717, 1.165) is 11.1 Å². The van der Waals surface area contributed by atoms with Gasteiger partial charge in [-0.25, -0.2) is 4.98 Å². The fourth-order valence-electron chi connectivity index (χ4n) is 3.11. The summed E-state index contributed by atoms with van der Waals surface area (Å²) in [5.41, 5.74) is 3.48. The zero-order valence-corrected chi connectivity index (χ0v) is 16.2. The van der Waals surface area contributed by atoms with E-state index in [0.29, 0.717) is 42.0 Å². The number of ether oxygens (including phenoxy) is 2. The Bertz CT molecular complexity index is 1210. The molecule has 1 N–H and O–H groups in total. The Morgan fingerprint density at radius 1 is 1.30 bits per heavy atom. The van der Waals surface area contributed by atoms with E-state index in [1.807, 2.05) is 43.3 Å². The Balaban J connectivity index is 1.34. The number of rotatable bonds is 6. The minimum absolute atomic E-state index is 0.0844. The summed E-state index contributed by atoms with van der Waals surface area (Å²) in [5, 5.41) is 6.98. The number of anilines is 1. The van der Waals surface area contributed by atoms with Crippen molar-refractivity contribution < 1.29 is 18.8 Å². The van der Waals surface area contributed by atoms with Gasteiger partial charge >= 0.3 is 0 Å². The van der Waals surface area contributed by atoms with Gasteiger partial charge in [0.1, 0.15) is 24.1 Å². The van der Waals surface area contributed by atoms with Crippen molar-refractivity contribution in [3.8, 4) is 11.4 Å². The average molecular weight is 405 g/mol. The largest absolute Gasteiger partial charge is 0.376 e. The summed E-state index contributed by atoms with van der Waals surface area (Å²) in [5.74, 6) is 0.580. The average Bonchev–Trinajstić information content (AvgIpc) is 3.35. The van der Waals surface area contributed by atoms with Crippen LogP contribution in [-0.2, 0) is 16.1 Å². The molecule has 0 saturated carbocycles. The first kappa shape index (κ1) is 18.5. The number of amides is 1. The number of carbonyl (C=O) groups excluding carboxylic acids is 1. The second-order valence-electron chi connectivity index (χ2n) is 7.04. The third kappa shape index (κ3) is 3.56. The quantitative estimate of drug-likeness (QED) is 0.526. The molecule has 4 aromatic rings. The first-order valence-corrected chi connectivity index (χ1v) is 9.54. The number of hydrogen-bond acceptors (Lipinski definition) is 7. The molecule has 3 aromatic heterocycles. The number of fused-ring (bicyclic) bond motifs is 1. The van der Waals surface area contributed by atoms with Crippen molar-refractivity contribution in [3.63, 3.8) is 0 Å². The van der Waals surface area contributed by atoms with Gasteiger partial charge in [-0.1, -0.05) is 23.4 Å². The molecule has 152 valence electrons. The molecule has 9 nitrogen and oxygen atoms in total.